The number of benzene rings is 1. The van der Waals surface area contributed by atoms with Gasteiger partial charge in [-0.3, -0.25) is 0 Å². The number of carboxylic acid groups (broad SMARTS) is 2. The fourth-order valence-electron chi connectivity index (χ4n) is 1.30. The van der Waals surface area contributed by atoms with Crippen molar-refractivity contribution in [1.82, 2.24) is 0 Å². The van der Waals surface area contributed by atoms with E-state index in [4.69, 9.17) is 0 Å². The van der Waals surface area contributed by atoms with Crippen molar-refractivity contribution in [2.45, 2.75) is 0 Å². The average molecular weight is 207 g/mol. The molecule has 15 heavy (non-hydrogen) atoms. The van der Waals surface area contributed by atoms with E-state index in [1.807, 2.05) is 0 Å². The highest BCUT2D eigenvalue weighted by molar-refractivity contribution is 6.04. The molecule has 0 bridgehead atoms. The first-order chi connectivity index (χ1) is 6.95. The second-order valence-electron chi connectivity index (χ2n) is 3.17. The zero-order chi connectivity index (χ0) is 11.6. The Bertz CT molecular complexity index is 412. The molecule has 5 nitrogen and oxygen atoms in total. The Hall–Kier alpha value is -2.04. The number of hydrogen-bond acceptors (Lipinski definition) is 5. The highest BCUT2D eigenvalue weighted by Gasteiger charge is 2.11. The summed E-state index contributed by atoms with van der Waals surface area (Å²) in [7, 11) is 3.22. The van der Waals surface area contributed by atoms with Crippen molar-refractivity contribution < 1.29 is 19.8 Å². The number of anilines is 1. The molecule has 5 heteroatoms. The summed E-state index contributed by atoms with van der Waals surface area (Å²) in [4.78, 5) is 23.0. The summed E-state index contributed by atoms with van der Waals surface area (Å²) in [6.45, 7) is 0. The molecule has 0 amide bonds. The second kappa shape index (κ2) is 4.00. The van der Waals surface area contributed by atoms with Crippen LogP contribution in [0.4, 0.5) is 5.69 Å². The molecule has 0 N–H and O–H groups in total. The van der Waals surface area contributed by atoms with Gasteiger partial charge in [0.2, 0.25) is 0 Å². The van der Waals surface area contributed by atoms with Gasteiger partial charge in [-0.25, -0.2) is 0 Å². The molecule has 0 aliphatic heterocycles. The Morgan fingerprint density at radius 3 is 2.13 bits per heavy atom. The number of rotatable bonds is 3. The molecule has 0 atom stereocenters. The molecule has 0 radical (unpaired) electrons. The minimum absolute atomic E-state index is 0.275. The predicted molar refractivity (Wildman–Crippen MR) is 49.4 cm³/mol. The summed E-state index contributed by atoms with van der Waals surface area (Å²) in [5, 5.41) is 21.5. The smallest absolute Gasteiger partial charge is 0.0742 e. The fourth-order valence-corrected chi connectivity index (χ4v) is 1.30. The third-order valence-corrected chi connectivity index (χ3v) is 1.95. The predicted octanol–water partition coefficient (Wildman–Crippen LogP) is -1.52. The number of nitrogens with zero attached hydrogens (tertiary/aromatic N) is 1. The highest BCUT2D eigenvalue weighted by atomic mass is 16.4. The van der Waals surface area contributed by atoms with E-state index in [9.17, 15) is 19.8 Å². The van der Waals surface area contributed by atoms with E-state index in [1.54, 1.807) is 14.1 Å². The molecule has 0 fully saturated rings. The van der Waals surface area contributed by atoms with E-state index in [2.05, 4.69) is 0 Å². The van der Waals surface area contributed by atoms with Gasteiger partial charge in [-0.2, -0.15) is 0 Å². The molecule has 1 aromatic rings. The van der Waals surface area contributed by atoms with Crippen molar-refractivity contribution in [2.24, 2.45) is 0 Å². The maximum Gasteiger partial charge on any atom is 0.0742 e. The third kappa shape index (κ3) is 2.07. The summed E-state index contributed by atoms with van der Waals surface area (Å²) >= 11 is 0. The van der Waals surface area contributed by atoms with Crippen LogP contribution in [0.1, 0.15) is 20.7 Å². The van der Waals surface area contributed by atoms with Gasteiger partial charge in [0.1, 0.15) is 0 Å². The van der Waals surface area contributed by atoms with Crippen molar-refractivity contribution in [1.29, 1.82) is 0 Å². The summed E-state index contributed by atoms with van der Waals surface area (Å²) in [6, 6.07) is 4.12. The first-order valence-electron chi connectivity index (χ1n) is 4.18. The number of carbonyl (C=O) groups excluding carboxylic acids is 2. The van der Waals surface area contributed by atoms with Gasteiger partial charge in [0.15, 0.2) is 0 Å². The van der Waals surface area contributed by atoms with Crippen LogP contribution in [0.25, 0.3) is 0 Å². The van der Waals surface area contributed by atoms with Gasteiger partial charge in [-0.1, -0.05) is 12.1 Å². The fraction of sp³-hybridized carbons (Fsp3) is 0.200. The van der Waals surface area contributed by atoms with Gasteiger partial charge >= 0.3 is 0 Å². The molecule has 0 aromatic heterocycles. The number of hydrogen-bond donors (Lipinski definition) is 0. The van der Waals surface area contributed by atoms with E-state index >= 15 is 0 Å². The molecule has 0 aliphatic rings. The molecule has 1 aromatic carbocycles. The first kappa shape index (κ1) is 11.0. The van der Waals surface area contributed by atoms with Gasteiger partial charge < -0.3 is 24.7 Å². The number of carbonyl (C=O) groups is 2. The van der Waals surface area contributed by atoms with E-state index < -0.39 is 11.9 Å². The second-order valence-corrected chi connectivity index (χ2v) is 3.17. The molecule has 0 saturated heterocycles. The van der Waals surface area contributed by atoms with Gasteiger partial charge in [0.05, 0.1) is 11.9 Å². The number of aromatic carboxylic acids is 2. The average Bonchev–Trinajstić information content (AvgIpc) is 2.16. The minimum Gasteiger partial charge on any atom is -0.545 e. The van der Waals surface area contributed by atoms with Gasteiger partial charge in [-0.15, -0.1) is 0 Å². The molecular weight excluding hydrogens is 198 g/mol. The van der Waals surface area contributed by atoms with Crippen LogP contribution < -0.4 is 15.1 Å². The summed E-state index contributed by atoms with van der Waals surface area (Å²) in [5.41, 5.74) is -0.458. The van der Waals surface area contributed by atoms with Crippen LogP contribution in [-0.2, 0) is 0 Å². The van der Waals surface area contributed by atoms with Crippen molar-refractivity contribution >= 4 is 17.6 Å². The van der Waals surface area contributed by atoms with Crippen molar-refractivity contribution in [3.05, 3.63) is 29.3 Å². The lowest BCUT2D eigenvalue weighted by Crippen LogP contribution is -2.32. The zero-order valence-corrected chi connectivity index (χ0v) is 8.31. The Morgan fingerprint density at radius 2 is 1.73 bits per heavy atom. The van der Waals surface area contributed by atoms with Crippen LogP contribution in [-0.4, -0.2) is 26.0 Å². The number of carboxylic acids is 2. The van der Waals surface area contributed by atoms with Gasteiger partial charge in [0, 0.05) is 30.9 Å². The standard InChI is InChI=1S/C10H11NO4/c1-11(2)7-5-3-4-6(9(12)13)8(7)10(14)15/h3-5H,1-2H3,(H,12,13)(H,14,15)/p-2. The Balaban J connectivity index is 3.48. The minimum atomic E-state index is -1.53. The molecule has 0 spiro atoms. The van der Waals surface area contributed by atoms with Crippen LogP contribution in [0.15, 0.2) is 18.2 Å². The van der Waals surface area contributed by atoms with Gasteiger partial charge in [0.25, 0.3) is 0 Å². The van der Waals surface area contributed by atoms with Gasteiger partial charge in [-0.05, 0) is 6.07 Å². The normalized spacial score (nSPS) is 9.73. The molecule has 0 aliphatic carbocycles. The lowest BCUT2D eigenvalue weighted by Gasteiger charge is -2.21. The molecule has 0 unspecified atom stereocenters. The molecule has 1 rings (SSSR count). The Kier molecular flexibility index (Phi) is 2.94. The van der Waals surface area contributed by atoms with Crippen LogP contribution >= 0.6 is 0 Å². The zero-order valence-electron chi connectivity index (χ0n) is 8.31. The van der Waals surface area contributed by atoms with Crippen molar-refractivity contribution in [3.8, 4) is 0 Å². The quantitative estimate of drug-likeness (QED) is 0.601. The molecule has 80 valence electrons. The monoisotopic (exact) mass is 207 g/mol. The maximum absolute atomic E-state index is 10.8. The third-order valence-electron chi connectivity index (χ3n) is 1.95. The Labute approximate surface area is 86.6 Å². The highest BCUT2D eigenvalue weighted by Crippen LogP contribution is 2.21. The molecular formula is C10H9NO4-2. The van der Waals surface area contributed by atoms with E-state index in [0.29, 0.717) is 0 Å². The van der Waals surface area contributed by atoms with Crippen LogP contribution in [0, 0.1) is 0 Å². The van der Waals surface area contributed by atoms with Crippen LogP contribution in [0.5, 0.6) is 0 Å². The molecule has 0 saturated carbocycles. The SMILES string of the molecule is CN(C)c1cccc(C(=O)[O-])c1C(=O)[O-]. The Morgan fingerprint density at radius 1 is 1.13 bits per heavy atom. The summed E-state index contributed by atoms with van der Waals surface area (Å²) in [5.74, 6) is -3.06. The van der Waals surface area contributed by atoms with E-state index in [-0.39, 0.29) is 16.8 Å². The molecule has 0 heterocycles. The topological polar surface area (TPSA) is 83.5 Å². The summed E-state index contributed by atoms with van der Waals surface area (Å²) < 4.78 is 0. The first-order valence-corrected chi connectivity index (χ1v) is 4.18. The maximum atomic E-state index is 10.8. The van der Waals surface area contributed by atoms with Crippen LogP contribution in [0.3, 0.4) is 0 Å². The lowest BCUT2D eigenvalue weighted by molar-refractivity contribution is -0.259. The largest absolute Gasteiger partial charge is 0.545 e. The van der Waals surface area contributed by atoms with Crippen LogP contribution in [0.2, 0.25) is 0 Å². The lowest BCUT2D eigenvalue weighted by atomic mass is 10.0. The van der Waals surface area contributed by atoms with Crippen molar-refractivity contribution in [3.63, 3.8) is 0 Å². The summed E-state index contributed by atoms with van der Waals surface area (Å²) in [6.07, 6.45) is 0. The van der Waals surface area contributed by atoms with E-state index in [0.717, 1.165) is 0 Å². The van der Waals surface area contributed by atoms with E-state index in [1.165, 1.54) is 23.1 Å². The van der Waals surface area contributed by atoms with Crippen molar-refractivity contribution in [2.75, 3.05) is 19.0 Å².